The summed E-state index contributed by atoms with van der Waals surface area (Å²) in [6, 6.07) is 4.18. The molecule has 0 fully saturated rings. The molecule has 0 spiro atoms. The van der Waals surface area contributed by atoms with Crippen LogP contribution in [0.25, 0.3) is 0 Å². The number of aliphatic imine (C=N–C) groups is 1. The minimum absolute atomic E-state index is 0.0822. The van der Waals surface area contributed by atoms with E-state index in [2.05, 4.69) is 38.5 Å². The second-order valence-corrected chi connectivity index (χ2v) is 5.65. The number of thiophene rings is 1. The molecule has 1 aromatic rings. The average molecular weight is 310 g/mol. The second kappa shape index (κ2) is 11.1. The molecule has 1 aromatic heterocycles. The number of hydrogen-bond acceptors (Lipinski definition) is 3. The summed E-state index contributed by atoms with van der Waals surface area (Å²) in [5.74, 6) is 0.858. The summed E-state index contributed by atoms with van der Waals surface area (Å²) in [6.07, 6.45) is 2.38. The normalized spacial score (nSPS) is 11.2. The number of amides is 1. The number of nitrogens with zero attached hydrogens (tertiary/aromatic N) is 1. The van der Waals surface area contributed by atoms with Crippen LogP contribution < -0.4 is 16.0 Å². The smallest absolute Gasteiger partial charge is 0.221 e. The van der Waals surface area contributed by atoms with Crippen molar-refractivity contribution in [2.45, 2.75) is 33.1 Å². The predicted molar refractivity (Wildman–Crippen MR) is 89.9 cm³/mol. The van der Waals surface area contributed by atoms with Crippen molar-refractivity contribution in [1.82, 2.24) is 16.0 Å². The Bertz CT molecular complexity index is 417. The minimum Gasteiger partial charge on any atom is -0.357 e. The molecular weight excluding hydrogens is 284 g/mol. The maximum atomic E-state index is 11.5. The maximum Gasteiger partial charge on any atom is 0.221 e. The quantitative estimate of drug-likeness (QED) is 0.481. The van der Waals surface area contributed by atoms with Gasteiger partial charge in [-0.1, -0.05) is 13.0 Å². The van der Waals surface area contributed by atoms with Gasteiger partial charge in [0.1, 0.15) is 0 Å². The molecule has 1 heterocycles. The molecule has 0 bridgehead atoms. The van der Waals surface area contributed by atoms with Gasteiger partial charge in [-0.2, -0.15) is 0 Å². The van der Waals surface area contributed by atoms with Gasteiger partial charge >= 0.3 is 0 Å². The van der Waals surface area contributed by atoms with Gasteiger partial charge in [0.15, 0.2) is 5.96 Å². The summed E-state index contributed by atoms with van der Waals surface area (Å²) in [4.78, 5) is 17.4. The molecule has 0 atom stereocenters. The first kappa shape index (κ1) is 17.5. The highest BCUT2D eigenvalue weighted by Gasteiger charge is 2.01. The van der Waals surface area contributed by atoms with E-state index < -0.39 is 0 Å². The van der Waals surface area contributed by atoms with Crippen molar-refractivity contribution in [1.29, 1.82) is 0 Å². The lowest BCUT2D eigenvalue weighted by molar-refractivity contribution is -0.120. The lowest BCUT2D eigenvalue weighted by Gasteiger charge is -2.11. The van der Waals surface area contributed by atoms with Gasteiger partial charge in [0.05, 0.1) is 0 Å². The molecule has 0 saturated heterocycles. The molecule has 0 aliphatic carbocycles. The first-order valence-corrected chi connectivity index (χ1v) is 8.45. The van der Waals surface area contributed by atoms with E-state index in [1.807, 2.05) is 13.8 Å². The zero-order valence-electron chi connectivity index (χ0n) is 12.9. The summed E-state index contributed by atoms with van der Waals surface area (Å²) < 4.78 is 0. The van der Waals surface area contributed by atoms with E-state index >= 15 is 0 Å². The Hall–Kier alpha value is -1.56. The van der Waals surface area contributed by atoms with Crippen LogP contribution in [0.3, 0.4) is 0 Å². The minimum atomic E-state index is 0.0822. The van der Waals surface area contributed by atoms with Crippen molar-refractivity contribution in [2.75, 3.05) is 26.2 Å². The van der Waals surface area contributed by atoms with E-state index in [9.17, 15) is 4.79 Å². The Balaban J connectivity index is 2.26. The number of guanidine groups is 1. The van der Waals surface area contributed by atoms with Crippen LogP contribution in [0, 0.1) is 0 Å². The standard InChI is InChI=1S/C15H26N4OS/c1-3-9-17-14(20)8-11-19-15(16-4-2)18-10-7-13-6-5-12-21-13/h5-6,12H,3-4,7-11H2,1-2H3,(H,17,20)(H2,16,18,19). The monoisotopic (exact) mass is 310 g/mol. The first-order chi connectivity index (χ1) is 10.3. The summed E-state index contributed by atoms with van der Waals surface area (Å²) in [7, 11) is 0. The molecule has 21 heavy (non-hydrogen) atoms. The zero-order valence-corrected chi connectivity index (χ0v) is 13.8. The lowest BCUT2D eigenvalue weighted by Crippen LogP contribution is -2.39. The summed E-state index contributed by atoms with van der Waals surface area (Å²) in [6.45, 7) is 6.98. The fourth-order valence-corrected chi connectivity index (χ4v) is 2.42. The van der Waals surface area contributed by atoms with E-state index in [0.717, 1.165) is 38.4 Å². The number of nitrogens with one attached hydrogen (secondary N) is 3. The number of hydrogen-bond donors (Lipinski definition) is 3. The van der Waals surface area contributed by atoms with Crippen LogP contribution in [0.15, 0.2) is 22.5 Å². The molecule has 0 saturated carbocycles. The van der Waals surface area contributed by atoms with Gasteiger partial charge < -0.3 is 16.0 Å². The molecule has 0 aliphatic heterocycles. The van der Waals surface area contributed by atoms with Gasteiger partial charge in [-0.05, 0) is 24.8 Å². The number of carbonyl (C=O) groups excluding carboxylic acids is 1. The van der Waals surface area contributed by atoms with Crippen molar-refractivity contribution in [3.8, 4) is 0 Å². The SMILES string of the molecule is CCCNC(=O)CCNC(=NCCc1cccs1)NCC. The molecule has 3 N–H and O–H groups in total. The summed E-state index contributed by atoms with van der Waals surface area (Å²) >= 11 is 1.75. The van der Waals surface area contributed by atoms with Crippen LogP contribution in [-0.4, -0.2) is 38.0 Å². The average Bonchev–Trinajstić information content (AvgIpc) is 2.98. The number of carbonyl (C=O) groups is 1. The van der Waals surface area contributed by atoms with Crippen LogP contribution in [0.5, 0.6) is 0 Å². The Labute approximate surface area is 131 Å². The van der Waals surface area contributed by atoms with Gasteiger partial charge in [0.2, 0.25) is 5.91 Å². The molecule has 1 rings (SSSR count). The second-order valence-electron chi connectivity index (χ2n) is 4.62. The third kappa shape index (κ3) is 8.34. The van der Waals surface area contributed by atoms with Crippen molar-refractivity contribution < 1.29 is 4.79 Å². The van der Waals surface area contributed by atoms with E-state index in [1.54, 1.807) is 11.3 Å². The molecule has 118 valence electrons. The van der Waals surface area contributed by atoms with Gasteiger partial charge in [-0.3, -0.25) is 9.79 Å². The molecule has 5 nitrogen and oxygen atoms in total. The first-order valence-electron chi connectivity index (χ1n) is 7.57. The highest BCUT2D eigenvalue weighted by atomic mass is 32.1. The molecule has 0 radical (unpaired) electrons. The van der Waals surface area contributed by atoms with Crippen molar-refractivity contribution >= 4 is 23.2 Å². The van der Waals surface area contributed by atoms with E-state index in [0.29, 0.717) is 13.0 Å². The third-order valence-corrected chi connectivity index (χ3v) is 3.71. The van der Waals surface area contributed by atoms with Gasteiger partial charge in [-0.25, -0.2) is 0 Å². The molecule has 0 unspecified atom stereocenters. The van der Waals surface area contributed by atoms with Crippen LogP contribution in [0.1, 0.15) is 31.6 Å². The van der Waals surface area contributed by atoms with E-state index in [1.165, 1.54) is 4.88 Å². The van der Waals surface area contributed by atoms with Crippen molar-refractivity contribution in [3.05, 3.63) is 22.4 Å². The highest BCUT2D eigenvalue weighted by Crippen LogP contribution is 2.08. The summed E-state index contributed by atoms with van der Waals surface area (Å²) in [5, 5.41) is 11.3. The third-order valence-electron chi connectivity index (χ3n) is 2.77. The van der Waals surface area contributed by atoms with E-state index in [4.69, 9.17) is 0 Å². The molecular formula is C15H26N4OS. The Morgan fingerprint density at radius 1 is 1.24 bits per heavy atom. The lowest BCUT2D eigenvalue weighted by atomic mass is 10.3. The van der Waals surface area contributed by atoms with Crippen LogP contribution in [0.2, 0.25) is 0 Å². The fraction of sp³-hybridized carbons (Fsp3) is 0.600. The van der Waals surface area contributed by atoms with Crippen LogP contribution in [0.4, 0.5) is 0 Å². The largest absolute Gasteiger partial charge is 0.357 e. The summed E-state index contributed by atoms with van der Waals surface area (Å²) in [5.41, 5.74) is 0. The molecule has 6 heteroatoms. The molecule has 0 aromatic carbocycles. The predicted octanol–water partition coefficient (Wildman–Crippen LogP) is 1.76. The van der Waals surface area contributed by atoms with Gasteiger partial charge in [-0.15, -0.1) is 11.3 Å². The van der Waals surface area contributed by atoms with Crippen LogP contribution >= 0.6 is 11.3 Å². The Morgan fingerprint density at radius 3 is 2.76 bits per heavy atom. The number of rotatable bonds is 9. The van der Waals surface area contributed by atoms with Crippen molar-refractivity contribution in [2.24, 2.45) is 4.99 Å². The molecule has 1 amide bonds. The fourth-order valence-electron chi connectivity index (χ4n) is 1.72. The Kier molecular flexibility index (Phi) is 9.28. The van der Waals surface area contributed by atoms with E-state index in [-0.39, 0.29) is 5.91 Å². The molecule has 0 aliphatic rings. The van der Waals surface area contributed by atoms with Gasteiger partial charge in [0, 0.05) is 43.9 Å². The highest BCUT2D eigenvalue weighted by molar-refractivity contribution is 7.09. The maximum absolute atomic E-state index is 11.5. The van der Waals surface area contributed by atoms with Gasteiger partial charge in [0.25, 0.3) is 0 Å². The zero-order chi connectivity index (χ0) is 15.3. The Morgan fingerprint density at radius 2 is 2.10 bits per heavy atom. The topological polar surface area (TPSA) is 65.5 Å². The van der Waals surface area contributed by atoms with Crippen LogP contribution in [-0.2, 0) is 11.2 Å². The van der Waals surface area contributed by atoms with Crippen molar-refractivity contribution in [3.63, 3.8) is 0 Å².